The maximum Gasteiger partial charge on any atom is 0.275 e. The summed E-state index contributed by atoms with van der Waals surface area (Å²) in [6, 6.07) is 7.38. The summed E-state index contributed by atoms with van der Waals surface area (Å²) >= 11 is 1.39. The Hall–Kier alpha value is -3.83. The van der Waals surface area contributed by atoms with Crippen LogP contribution >= 0.6 is 11.3 Å². The summed E-state index contributed by atoms with van der Waals surface area (Å²) in [4.78, 5) is 20.0. The molecule has 11 heteroatoms. The van der Waals surface area contributed by atoms with Crippen molar-refractivity contribution in [2.75, 3.05) is 29.9 Å². The zero-order valence-corrected chi connectivity index (χ0v) is 21.0. The number of carbonyl (C=O) groups is 1. The third-order valence-corrected chi connectivity index (χ3v) is 7.16. The van der Waals surface area contributed by atoms with E-state index in [0.29, 0.717) is 40.5 Å². The summed E-state index contributed by atoms with van der Waals surface area (Å²) in [5.41, 5.74) is 9.76. The van der Waals surface area contributed by atoms with E-state index in [1.54, 1.807) is 22.5 Å². The molecule has 1 aromatic carbocycles. The van der Waals surface area contributed by atoms with Crippen LogP contribution in [0, 0.1) is 12.8 Å². The predicted octanol–water partition coefficient (Wildman–Crippen LogP) is 3.86. The molecule has 0 radical (unpaired) electrons. The Balaban J connectivity index is 1.45. The summed E-state index contributed by atoms with van der Waals surface area (Å²) in [5, 5.41) is 17.6. The quantitative estimate of drug-likeness (QED) is 0.389. The Morgan fingerprint density at radius 1 is 1.28 bits per heavy atom. The van der Waals surface area contributed by atoms with Gasteiger partial charge in [0.05, 0.1) is 23.8 Å². The Kier molecular flexibility index (Phi) is 6.92. The van der Waals surface area contributed by atoms with Gasteiger partial charge in [0, 0.05) is 48.9 Å². The van der Waals surface area contributed by atoms with E-state index in [1.165, 1.54) is 11.3 Å². The molecule has 0 bridgehead atoms. The Labute approximate surface area is 213 Å². The highest BCUT2D eigenvalue weighted by Gasteiger charge is 2.25. The van der Waals surface area contributed by atoms with Gasteiger partial charge in [-0.1, -0.05) is 0 Å². The number of aromatic nitrogens is 5. The number of carbonyl (C=O) groups excluding carboxylic acids is 1. The standard InChI is InChI=1S/C25H28N8O2S/c1-16-21(35-22-8-11-32(2)31-22)6-5-19(23(16)33-10-3-4-17(12-26)14-33)29-24(34)20-15-36-25(30-20)18-7-9-27-28-13-18/h5-9,11,13,15,17H,3-4,10,12,14,26H2,1-2H3,(H,29,34)/t17-/m0/s1. The number of nitrogens with one attached hydrogen (secondary N) is 1. The van der Waals surface area contributed by atoms with Crippen LogP contribution in [0.15, 0.2) is 48.2 Å². The van der Waals surface area contributed by atoms with Gasteiger partial charge in [-0.25, -0.2) is 4.98 Å². The zero-order valence-electron chi connectivity index (χ0n) is 20.2. The smallest absolute Gasteiger partial charge is 0.275 e. The minimum atomic E-state index is -0.272. The van der Waals surface area contributed by atoms with E-state index in [2.05, 4.69) is 30.5 Å². The van der Waals surface area contributed by atoms with Crippen molar-refractivity contribution < 1.29 is 9.53 Å². The highest BCUT2D eigenvalue weighted by molar-refractivity contribution is 7.13. The van der Waals surface area contributed by atoms with E-state index >= 15 is 0 Å². The van der Waals surface area contributed by atoms with Crippen LogP contribution in [0.2, 0.25) is 0 Å². The minimum absolute atomic E-state index is 0.272. The van der Waals surface area contributed by atoms with E-state index in [-0.39, 0.29) is 5.91 Å². The molecule has 186 valence electrons. The second kappa shape index (κ2) is 10.4. The summed E-state index contributed by atoms with van der Waals surface area (Å²) in [6.07, 6.45) is 7.21. The molecule has 3 aromatic heterocycles. The molecule has 1 aliphatic heterocycles. The van der Waals surface area contributed by atoms with Gasteiger partial charge in [-0.05, 0) is 50.4 Å². The van der Waals surface area contributed by atoms with E-state index in [4.69, 9.17) is 10.5 Å². The average molecular weight is 505 g/mol. The van der Waals surface area contributed by atoms with Crippen molar-refractivity contribution in [3.63, 3.8) is 0 Å². The second-order valence-electron chi connectivity index (χ2n) is 8.83. The Bertz CT molecular complexity index is 1350. The summed E-state index contributed by atoms with van der Waals surface area (Å²) in [7, 11) is 1.85. The SMILES string of the molecule is Cc1c(Oc2ccn(C)n2)ccc(NC(=O)c2csc(-c3ccnnc3)n2)c1N1CCC[C@@H](CN)C1. The fourth-order valence-electron chi connectivity index (χ4n) is 4.44. The fraction of sp³-hybridized carbons (Fsp3) is 0.320. The first-order chi connectivity index (χ1) is 17.5. The topological polar surface area (TPSA) is 124 Å². The lowest BCUT2D eigenvalue weighted by molar-refractivity contribution is 0.102. The molecule has 0 aliphatic carbocycles. The predicted molar refractivity (Wildman–Crippen MR) is 140 cm³/mol. The van der Waals surface area contributed by atoms with Crippen molar-refractivity contribution in [3.8, 4) is 22.2 Å². The maximum atomic E-state index is 13.2. The molecular formula is C25H28N8O2S. The highest BCUT2D eigenvalue weighted by atomic mass is 32.1. The number of aryl methyl sites for hydroxylation is 1. The monoisotopic (exact) mass is 504 g/mol. The van der Waals surface area contributed by atoms with Crippen LogP contribution < -0.4 is 20.7 Å². The van der Waals surface area contributed by atoms with E-state index < -0.39 is 0 Å². The first-order valence-electron chi connectivity index (χ1n) is 11.8. The number of nitrogens with two attached hydrogens (primary N) is 1. The summed E-state index contributed by atoms with van der Waals surface area (Å²) in [6.45, 7) is 4.34. The van der Waals surface area contributed by atoms with Gasteiger partial charge in [0.25, 0.3) is 5.91 Å². The number of benzene rings is 1. The summed E-state index contributed by atoms with van der Waals surface area (Å²) in [5.74, 6) is 1.34. The minimum Gasteiger partial charge on any atom is -0.437 e. The molecule has 1 amide bonds. The number of hydrogen-bond acceptors (Lipinski definition) is 9. The number of nitrogens with zero attached hydrogens (tertiary/aromatic N) is 6. The molecule has 0 unspecified atom stereocenters. The molecule has 1 atom stereocenters. The Morgan fingerprint density at radius 3 is 2.92 bits per heavy atom. The van der Waals surface area contributed by atoms with Gasteiger partial charge in [-0.3, -0.25) is 9.48 Å². The second-order valence-corrected chi connectivity index (χ2v) is 9.69. The normalized spacial score (nSPS) is 15.6. The van der Waals surface area contributed by atoms with Crippen molar-refractivity contribution in [2.24, 2.45) is 18.7 Å². The van der Waals surface area contributed by atoms with Gasteiger partial charge in [0.1, 0.15) is 16.5 Å². The molecule has 1 saturated heterocycles. The molecule has 1 aliphatic rings. The van der Waals surface area contributed by atoms with Gasteiger partial charge in [-0.15, -0.1) is 16.4 Å². The number of hydrogen-bond donors (Lipinski definition) is 2. The lowest BCUT2D eigenvalue weighted by Gasteiger charge is -2.36. The number of amides is 1. The lowest BCUT2D eigenvalue weighted by atomic mass is 9.96. The van der Waals surface area contributed by atoms with E-state index in [1.807, 2.05) is 44.4 Å². The summed E-state index contributed by atoms with van der Waals surface area (Å²) < 4.78 is 7.79. The van der Waals surface area contributed by atoms with Crippen molar-refractivity contribution in [1.82, 2.24) is 25.0 Å². The van der Waals surface area contributed by atoms with Crippen LogP contribution in [0.25, 0.3) is 10.6 Å². The van der Waals surface area contributed by atoms with Crippen LogP contribution in [-0.2, 0) is 7.05 Å². The molecular weight excluding hydrogens is 476 g/mol. The number of rotatable bonds is 7. The van der Waals surface area contributed by atoms with Crippen molar-refractivity contribution in [3.05, 3.63) is 59.5 Å². The van der Waals surface area contributed by atoms with Crippen molar-refractivity contribution in [1.29, 1.82) is 0 Å². The van der Waals surface area contributed by atoms with Gasteiger partial charge in [-0.2, -0.15) is 10.2 Å². The molecule has 5 rings (SSSR count). The van der Waals surface area contributed by atoms with Crippen LogP contribution in [0.1, 0.15) is 28.9 Å². The first kappa shape index (κ1) is 23.9. The third kappa shape index (κ3) is 5.07. The van der Waals surface area contributed by atoms with E-state index in [9.17, 15) is 4.79 Å². The molecule has 3 N–H and O–H groups in total. The first-order valence-corrected chi connectivity index (χ1v) is 12.7. The Morgan fingerprint density at radius 2 is 2.17 bits per heavy atom. The molecule has 36 heavy (non-hydrogen) atoms. The van der Waals surface area contributed by atoms with Crippen molar-refractivity contribution in [2.45, 2.75) is 19.8 Å². The van der Waals surface area contributed by atoms with Crippen LogP contribution in [-0.4, -0.2) is 50.5 Å². The number of ether oxygens (including phenoxy) is 1. The highest BCUT2D eigenvalue weighted by Crippen LogP contribution is 2.39. The van der Waals surface area contributed by atoms with E-state index in [0.717, 1.165) is 42.7 Å². The fourth-order valence-corrected chi connectivity index (χ4v) is 5.23. The molecule has 0 saturated carbocycles. The van der Waals surface area contributed by atoms with Crippen LogP contribution in [0.3, 0.4) is 0 Å². The average Bonchev–Trinajstić information content (AvgIpc) is 3.56. The van der Waals surface area contributed by atoms with Crippen LogP contribution in [0.4, 0.5) is 11.4 Å². The molecule has 10 nitrogen and oxygen atoms in total. The lowest BCUT2D eigenvalue weighted by Crippen LogP contribution is -2.39. The maximum absolute atomic E-state index is 13.2. The molecule has 4 heterocycles. The van der Waals surface area contributed by atoms with Gasteiger partial charge < -0.3 is 20.7 Å². The van der Waals surface area contributed by atoms with Gasteiger partial charge in [0.2, 0.25) is 5.88 Å². The van der Waals surface area contributed by atoms with Gasteiger partial charge >= 0.3 is 0 Å². The number of thiazole rings is 1. The number of piperidine rings is 1. The largest absolute Gasteiger partial charge is 0.437 e. The zero-order chi connectivity index (χ0) is 25.1. The third-order valence-electron chi connectivity index (χ3n) is 6.27. The molecule has 0 spiro atoms. The number of anilines is 2. The molecule has 1 fully saturated rings. The van der Waals surface area contributed by atoms with Crippen molar-refractivity contribution >= 4 is 28.6 Å². The van der Waals surface area contributed by atoms with Gasteiger partial charge in [0.15, 0.2) is 0 Å². The molecule has 4 aromatic rings. The van der Waals surface area contributed by atoms with Crippen LogP contribution in [0.5, 0.6) is 11.6 Å².